The summed E-state index contributed by atoms with van der Waals surface area (Å²) in [5.41, 5.74) is 7.14. The summed E-state index contributed by atoms with van der Waals surface area (Å²) in [4.78, 5) is 0. The summed E-state index contributed by atoms with van der Waals surface area (Å²) in [6.45, 7) is 0. The fraction of sp³-hybridized carbons (Fsp3) is 0.250. The molecule has 0 radical (unpaired) electrons. The number of rotatable bonds is 3. The maximum Gasteiger partial charge on any atom is 0.127 e. The summed E-state index contributed by atoms with van der Waals surface area (Å²) in [7, 11) is 1.81. The normalized spacial score (nSPS) is 12.7. The van der Waals surface area contributed by atoms with Crippen molar-refractivity contribution in [3.05, 3.63) is 52.6 Å². The average Bonchev–Trinajstić information content (AvgIpc) is 2.70. The lowest BCUT2D eigenvalue weighted by Gasteiger charge is -2.11. The van der Waals surface area contributed by atoms with Crippen molar-refractivity contribution in [3.63, 3.8) is 0 Å². The Bertz CT molecular complexity index is 504. The van der Waals surface area contributed by atoms with E-state index in [9.17, 15) is 4.39 Å². The maximum atomic E-state index is 13.6. The van der Waals surface area contributed by atoms with Crippen molar-refractivity contribution >= 4 is 11.6 Å². The van der Waals surface area contributed by atoms with Crippen LogP contribution in [0.3, 0.4) is 0 Å². The van der Waals surface area contributed by atoms with Crippen LogP contribution in [0.2, 0.25) is 5.02 Å². The van der Waals surface area contributed by atoms with Crippen LogP contribution in [0, 0.1) is 5.82 Å². The van der Waals surface area contributed by atoms with Crippen molar-refractivity contribution < 1.29 is 4.39 Å². The van der Waals surface area contributed by atoms with E-state index in [-0.39, 0.29) is 11.9 Å². The summed E-state index contributed by atoms with van der Waals surface area (Å²) in [6, 6.07) is 6.08. The third-order valence-electron chi connectivity index (χ3n) is 2.60. The van der Waals surface area contributed by atoms with Gasteiger partial charge >= 0.3 is 0 Å². The van der Waals surface area contributed by atoms with Crippen molar-refractivity contribution in [2.24, 2.45) is 12.8 Å². The largest absolute Gasteiger partial charge is 0.322 e. The second-order valence-electron chi connectivity index (χ2n) is 3.93. The number of nitrogens with zero attached hydrogens (tertiary/aromatic N) is 2. The lowest BCUT2D eigenvalue weighted by molar-refractivity contribution is 0.586. The Labute approximate surface area is 104 Å². The quantitative estimate of drug-likeness (QED) is 0.913. The molecule has 0 saturated heterocycles. The second kappa shape index (κ2) is 4.85. The molecule has 0 bridgehead atoms. The van der Waals surface area contributed by atoms with Gasteiger partial charge in [0.2, 0.25) is 0 Å². The van der Waals surface area contributed by atoms with Gasteiger partial charge in [0, 0.05) is 23.8 Å². The Kier molecular flexibility index (Phi) is 3.45. The standard InChI is InChI=1S/C12H13ClFN3/c1-17-6-5-12(16-17)11(15)7-8-9(13)3-2-4-10(8)14/h2-6,11H,7,15H2,1H3. The van der Waals surface area contributed by atoms with Crippen molar-refractivity contribution in [2.45, 2.75) is 12.5 Å². The zero-order valence-electron chi connectivity index (χ0n) is 9.40. The molecule has 0 saturated carbocycles. The van der Waals surface area contributed by atoms with Gasteiger partial charge in [-0.3, -0.25) is 4.68 Å². The molecule has 2 N–H and O–H groups in total. The average molecular weight is 254 g/mol. The lowest BCUT2D eigenvalue weighted by Crippen LogP contribution is -2.15. The molecule has 5 heteroatoms. The van der Waals surface area contributed by atoms with Crippen LogP contribution in [0.25, 0.3) is 0 Å². The second-order valence-corrected chi connectivity index (χ2v) is 4.33. The predicted octanol–water partition coefficient (Wildman–Crippen LogP) is 2.46. The van der Waals surface area contributed by atoms with Crippen LogP contribution in [0.4, 0.5) is 4.39 Å². The van der Waals surface area contributed by atoms with E-state index in [2.05, 4.69) is 5.10 Å². The molecule has 0 aliphatic heterocycles. The number of halogens is 2. The molecule has 90 valence electrons. The summed E-state index contributed by atoms with van der Waals surface area (Å²) in [5, 5.41) is 4.59. The highest BCUT2D eigenvalue weighted by Crippen LogP contribution is 2.23. The first kappa shape index (κ1) is 12.1. The fourth-order valence-corrected chi connectivity index (χ4v) is 1.92. The van der Waals surface area contributed by atoms with E-state index in [0.717, 1.165) is 5.69 Å². The van der Waals surface area contributed by atoms with Crippen LogP contribution in [0.1, 0.15) is 17.3 Å². The Morgan fingerprint density at radius 1 is 1.47 bits per heavy atom. The molecule has 1 unspecified atom stereocenters. The summed E-state index contributed by atoms with van der Waals surface area (Å²) < 4.78 is 15.2. The molecular weight excluding hydrogens is 241 g/mol. The van der Waals surface area contributed by atoms with Crippen molar-refractivity contribution in [1.29, 1.82) is 0 Å². The maximum absolute atomic E-state index is 13.6. The molecule has 1 heterocycles. The Morgan fingerprint density at radius 2 is 2.24 bits per heavy atom. The van der Waals surface area contributed by atoms with Crippen LogP contribution >= 0.6 is 11.6 Å². The highest BCUT2D eigenvalue weighted by molar-refractivity contribution is 6.31. The first-order valence-corrected chi connectivity index (χ1v) is 5.63. The Balaban J connectivity index is 2.21. The van der Waals surface area contributed by atoms with Gasteiger partial charge in [-0.15, -0.1) is 0 Å². The molecule has 1 aromatic heterocycles. The minimum absolute atomic E-state index is 0.330. The van der Waals surface area contributed by atoms with E-state index >= 15 is 0 Å². The lowest BCUT2D eigenvalue weighted by atomic mass is 10.0. The van der Waals surface area contributed by atoms with Gasteiger partial charge in [0.05, 0.1) is 11.7 Å². The number of benzene rings is 1. The minimum atomic E-state index is -0.356. The smallest absolute Gasteiger partial charge is 0.127 e. The molecule has 3 nitrogen and oxygen atoms in total. The highest BCUT2D eigenvalue weighted by atomic mass is 35.5. The van der Waals surface area contributed by atoms with Crippen LogP contribution in [0.15, 0.2) is 30.5 Å². The third kappa shape index (κ3) is 2.65. The Hall–Kier alpha value is -1.39. The zero-order chi connectivity index (χ0) is 12.4. The predicted molar refractivity (Wildman–Crippen MR) is 65.3 cm³/mol. The van der Waals surface area contributed by atoms with Crippen molar-refractivity contribution in [2.75, 3.05) is 0 Å². The van der Waals surface area contributed by atoms with Gasteiger partial charge in [0.15, 0.2) is 0 Å². The van der Waals surface area contributed by atoms with Gasteiger partial charge in [0.1, 0.15) is 5.82 Å². The fourth-order valence-electron chi connectivity index (χ4n) is 1.68. The topological polar surface area (TPSA) is 43.8 Å². The monoisotopic (exact) mass is 253 g/mol. The van der Waals surface area contributed by atoms with E-state index in [1.165, 1.54) is 6.07 Å². The van der Waals surface area contributed by atoms with Crippen LogP contribution in [-0.2, 0) is 13.5 Å². The molecular formula is C12H13ClFN3. The van der Waals surface area contributed by atoms with Gasteiger partial charge in [-0.1, -0.05) is 17.7 Å². The van der Waals surface area contributed by atoms with Gasteiger partial charge in [-0.25, -0.2) is 4.39 Å². The zero-order valence-corrected chi connectivity index (χ0v) is 10.2. The molecule has 17 heavy (non-hydrogen) atoms. The van der Waals surface area contributed by atoms with E-state index in [0.29, 0.717) is 17.0 Å². The SMILES string of the molecule is Cn1ccc(C(N)Cc2c(F)cccc2Cl)n1. The molecule has 0 fully saturated rings. The summed E-state index contributed by atoms with van der Waals surface area (Å²) in [5.74, 6) is -0.330. The van der Waals surface area contributed by atoms with E-state index in [1.54, 1.807) is 23.0 Å². The van der Waals surface area contributed by atoms with Gasteiger partial charge in [0.25, 0.3) is 0 Å². The van der Waals surface area contributed by atoms with E-state index in [4.69, 9.17) is 17.3 Å². The van der Waals surface area contributed by atoms with Crippen LogP contribution in [0.5, 0.6) is 0 Å². The first-order valence-electron chi connectivity index (χ1n) is 5.26. The molecule has 1 atom stereocenters. The molecule has 0 aliphatic rings. The summed E-state index contributed by atoms with van der Waals surface area (Å²) >= 11 is 5.95. The minimum Gasteiger partial charge on any atom is -0.322 e. The highest BCUT2D eigenvalue weighted by Gasteiger charge is 2.14. The van der Waals surface area contributed by atoms with E-state index in [1.807, 2.05) is 13.1 Å². The number of aromatic nitrogens is 2. The molecule has 2 rings (SSSR count). The van der Waals surface area contributed by atoms with Crippen LogP contribution in [-0.4, -0.2) is 9.78 Å². The number of hydrogen-bond donors (Lipinski definition) is 1. The third-order valence-corrected chi connectivity index (χ3v) is 2.95. The van der Waals surface area contributed by atoms with Gasteiger partial charge in [-0.05, 0) is 24.6 Å². The molecule has 0 aliphatic carbocycles. The first-order chi connectivity index (χ1) is 8.08. The van der Waals surface area contributed by atoms with E-state index < -0.39 is 0 Å². The van der Waals surface area contributed by atoms with Crippen LogP contribution < -0.4 is 5.73 Å². The molecule has 1 aromatic carbocycles. The molecule has 0 amide bonds. The van der Waals surface area contributed by atoms with Gasteiger partial charge in [-0.2, -0.15) is 5.10 Å². The van der Waals surface area contributed by atoms with Gasteiger partial charge < -0.3 is 5.73 Å². The number of nitrogens with two attached hydrogens (primary N) is 1. The Morgan fingerprint density at radius 3 is 2.82 bits per heavy atom. The van der Waals surface area contributed by atoms with Crippen molar-refractivity contribution in [1.82, 2.24) is 9.78 Å². The van der Waals surface area contributed by atoms with Crippen molar-refractivity contribution in [3.8, 4) is 0 Å². The number of aryl methyl sites for hydroxylation is 1. The summed E-state index contributed by atoms with van der Waals surface area (Å²) in [6.07, 6.45) is 2.14. The molecule has 2 aromatic rings. The number of hydrogen-bond acceptors (Lipinski definition) is 2. The molecule has 0 spiro atoms.